The first-order valence-corrected chi connectivity index (χ1v) is 9.58. The van der Waals surface area contributed by atoms with Crippen molar-refractivity contribution in [3.05, 3.63) is 80.0 Å². The highest BCUT2D eigenvalue weighted by Crippen LogP contribution is 2.31. The average Bonchev–Trinajstić information content (AvgIpc) is 3.29. The molecule has 0 bridgehead atoms. The van der Waals surface area contributed by atoms with E-state index < -0.39 is 5.63 Å². The molecule has 0 spiro atoms. The van der Waals surface area contributed by atoms with E-state index >= 15 is 0 Å². The third-order valence-corrected chi connectivity index (χ3v) is 5.26. The van der Waals surface area contributed by atoms with Crippen molar-refractivity contribution in [2.45, 2.75) is 6.54 Å². The van der Waals surface area contributed by atoms with E-state index in [0.717, 1.165) is 5.39 Å². The fraction of sp³-hybridized carbons (Fsp3) is 0.0526. The molecule has 0 aliphatic carbocycles. The van der Waals surface area contributed by atoms with Crippen LogP contribution in [0.25, 0.3) is 27.6 Å². The van der Waals surface area contributed by atoms with Gasteiger partial charge in [0.15, 0.2) is 0 Å². The number of hydrogen-bond donors (Lipinski definition) is 0. The zero-order valence-corrected chi connectivity index (χ0v) is 16.8. The molecule has 3 heterocycles. The molecule has 5 rings (SSSR count). The van der Waals surface area contributed by atoms with Crippen LogP contribution in [-0.4, -0.2) is 24.8 Å². The summed E-state index contributed by atoms with van der Waals surface area (Å²) in [6, 6.07) is 10.5. The van der Waals surface area contributed by atoms with Crippen molar-refractivity contribution in [1.82, 2.24) is 24.8 Å². The quantitative estimate of drug-likeness (QED) is 0.374. The highest BCUT2D eigenvalue weighted by atomic mass is 35.5. The lowest BCUT2D eigenvalue weighted by atomic mass is 10.2. The van der Waals surface area contributed by atoms with Gasteiger partial charge in [-0.25, -0.2) is 9.48 Å². The molecule has 2 aromatic carbocycles. The van der Waals surface area contributed by atoms with Gasteiger partial charge in [-0.1, -0.05) is 52.1 Å². The Kier molecular flexibility index (Phi) is 4.31. The maximum absolute atomic E-state index is 12.3. The lowest BCUT2D eigenvalue weighted by molar-refractivity contribution is 0.569. The van der Waals surface area contributed by atoms with Crippen LogP contribution in [0.3, 0.4) is 0 Å². The normalized spacial score (nSPS) is 11.6. The fourth-order valence-corrected chi connectivity index (χ4v) is 4.22. The molecule has 144 valence electrons. The number of rotatable bonds is 3. The Balaban J connectivity index is 1.59. The highest BCUT2D eigenvalue weighted by molar-refractivity contribution is 6.40. The minimum absolute atomic E-state index is 0.291. The second-order valence-electron chi connectivity index (χ2n) is 6.32. The Bertz CT molecular complexity index is 1430. The summed E-state index contributed by atoms with van der Waals surface area (Å²) in [5, 5.41) is 15.0. The maximum Gasteiger partial charge on any atom is 0.347 e. The second kappa shape index (κ2) is 6.88. The molecule has 5 aromatic rings. The first-order chi connectivity index (χ1) is 14.0. The molecule has 0 aliphatic rings. The van der Waals surface area contributed by atoms with E-state index in [-0.39, 0.29) is 0 Å². The van der Waals surface area contributed by atoms with Gasteiger partial charge in [-0.2, -0.15) is 5.10 Å². The summed E-state index contributed by atoms with van der Waals surface area (Å²) in [5.41, 5.74) is 1.82. The van der Waals surface area contributed by atoms with E-state index in [2.05, 4.69) is 15.4 Å². The SMILES string of the molecule is O=c1oc2ccccc2c2c1cnn2Cc1cn(-c2c(Cl)cc(Cl)cc2Cl)nn1. The number of hydrogen-bond acceptors (Lipinski definition) is 5. The van der Waals surface area contributed by atoms with Gasteiger partial charge in [-0.15, -0.1) is 5.10 Å². The molecule has 29 heavy (non-hydrogen) atoms. The monoisotopic (exact) mass is 445 g/mol. The minimum atomic E-state index is -0.437. The van der Waals surface area contributed by atoms with E-state index in [1.54, 1.807) is 29.1 Å². The Labute approximate surface area is 178 Å². The van der Waals surface area contributed by atoms with Crippen molar-refractivity contribution in [2.75, 3.05) is 0 Å². The van der Waals surface area contributed by atoms with Crippen molar-refractivity contribution in [3.63, 3.8) is 0 Å². The zero-order valence-electron chi connectivity index (χ0n) is 14.5. The summed E-state index contributed by atoms with van der Waals surface area (Å²) >= 11 is 18.5. The molecule has 0 atom stereocenters. The topological polar surface area (TPSA) is 78.7 Å². The van der Waals surface area contributed by atoms with Crippen molar-refractivity contribution < 1.29 is 4.42 Å². The van der Waals surface area contributed by atoms with Gasteiger partial charge in [0.25, 0.3) is 0 Å². The standard InChI is InChI=1S/C19H10Cl3N5O2/c20-10-5-14(21)18(15(22)6-10)27-9-11(24-25-27)8-26-17-12-3-1-2-4-16(12)29-19(28)13(17)7-23-26/h1-7,9H,8H2. The average molecular weight is 447 g/mol. The van der Waals surface area contributed by atoms with E-state index in [1.807, 2.05) is 18.2 Å². The predicted octanol–water partition coefficient (Wildman–Crippen LogP) is 4.73. The number of halogens is 3. The molecule has 0 saturated heterocycles. The molecule has 0 amide bonds. The number of nitrogens with zero attached hydrogens (tertiary/aromatic N) is 5. The number of fused-ring (bicyclic) bond motifs is 3. The van der Waals surface area contributed by atoms with Crippen molar-refractivity contribution in [2.24, 2.45) is 0 Å². The Morgan fingerprint density at radius 1 is 1.03 bits per heavy atom. The number of benzene rings is 2. The summed E-state index contributed by atoms with van der Waals surface area (Å²) < 4.78 is 8.52. The van der Waals surface area contributed by atoms with Crippen LogP contribution in [0.15, 0.2) is 58.0 Å². The third-order valence-electron chi connectivity index (χ3n) is 4.47. The van der Waals surface area contributed by atoms with Crippen LogP contribution >= 0.6 is 34.8 Å². The number of para-hydroxylation sites is 1. The highest BCUT2D eigenvalue weighted by Gasteiger charge is 2.16. The first kappa shape index (κ1) is 18.2. The van der Waals surface area contributed by atoms with Crippen molar-refractivity contribution in [3.8, 4) is 5.69 Å². The lowest BCUT2D eigenvalue weighted by Crippen LogP contribution is -2.04. The molecule has 0 radical (unpaired) electrons. The lowest BCUT2D eigenvalue weighted by Gasteiger charge is -2.06. The number of aromatic nitrogens is 5. The first-order valence-electron chi connectivity index (χ1n) is 8.45. The van der Waals surface area contributed by atoms with E-state index in [9.17, 15) is 4.79 Å². The van der Waals surface area contributed by atoms with Gasteiger partial charge in [0, 0.05) is 10.4 Å². The van der Waals surface area contributed by atoms with Gasteiger partial charge in [-0.3, -0.25) is 4.68 Å². The van der Waals surface area contributed by atoms with Gasteiger partial charge >= 0.3 is 5.63 Å². The molecule has 0 aliphatic heterocycles. The van der Waals surface area contributed by atoms with Gasteiger partial charge in [0.2, 0.25) is 0 Å². The zero-order chi connectivity index (χ0) is 20.1. The molecule has 0 fully saturated rings. The second-order valence-corrected chi connectivity index (χ2v) is 7.57. The van der Waals surface area contributed by atoms with E-state index in [0.29, 0.717) is 49.5 Å². The van der Waals surface area contributed by atoms with Gasteiger partial charge < -0.3 is 4.42 Å². The molecule has 0 saturated carbocycles. The Morgan fingerprint density at radius 2 is 1.79 bits per heavy atom. The predicted molar refractivity (Wildman–Crippen MR) is 111 cm³/mol. The largest absolute Gasteiger partial charge is 0.422 e. The Hall–Kier alpha value is -2.87. The smallest absolute Gasteiger partial charge is 0.347 e. The summed E-state index contributed by atoms with van der Waals surface area (Å²) in [6.07, 6.45) is 3.19. The summed E-state index contributed by atoms with van der Waals surface area (Å²) in [7, 11) is 0. The van der Waals surface area contributed by atoms with Crippen LogP contribution in [0.2, 0.25) is 15.1 Å². The van der Waals surface area contributed by atoms with Crippen LogP contribution in [0, 0.1) is 0 Å². The van der Waals surface area contributed by atoms with Crippen molar-refractivity contribution in [1.29, 1.82) is 0 Å². The molecule has 10 heteroatoms. The van der Waals surface area contributed by atoms with E-state index in [1.165, 1.54) is 10.9 Å². The van der Waals surface area contributed by atoms with Crippen LogP contribution in [-0.2, 0) is 6.54 Å². The molecular formula is C19H10Cl3N5O2. The summed E-state index contributed by atoms with van der Waals surface area (Å²) in [6.45, 7) is 0.291. The third kappa shape index (κ3) is 3.07. The van der Waals surface area contributed by atoms with E-state index in [4.69, 9.17) is 39.2 Å². The summed E-state index contributed by atoms with van der Waals surface area (Å²) in [4.78, 5) is 12.3. The van der Waals surface area contributed by atoms with Crippen LogP contribution in [0.1, 0.15) is 5.69 Å². The van der Waals surface area contributed by atoms with Gasteiger partial charge in [0.1, 0.15) is 22.4 Å². The Morgan fingerprint density at radius 3 is 2.59 bits per heavy atom. The molecule has 3 aromatic heterocycles. The molecule has 7 nitrogen and oxygen atoms in total. The van der Waals surface area contributed by atoms with Gasteiger partial charge in [-0.05, 0) is 24.3 Å². The summed E-state index contributed by atoms with van der Waals surface area (Å²) in [5.74, 6) is 0. The minimum Gasteiger partial charge on any atom is -0.422 e. The van der Waals surface area contributed by atoms with Crippen LogP contribution in [0.5, 0.6) is 0 Å². The van der Waals surface area contributed by atoms with Crippen LogP contribution < -0.4 is 5.63 Å². The molecule has 0 N–H and O–H groups in total. The fourth-order valence-electron chi connectivity index (χ4n) is 3.23. The maximum atomic E-state index is 12.3. The van der Waals surface area contributed by atoms with Crippen molar-refractivity contribution >= 4 is 56.7 Å². The molecular weight excluding hydrogens is 437 g/mol. The van der Waals surface area contributed by atoms with Crippen LogP contribution in [0.4, 0.5) is 0 Å². The van der Waals surface area contributed by atoms with Gasteiger partial charge in [0.05, 0.1) is 34.5 Å². The molecule has 0 unspecified atom stereocenters.